The average molecular weight is 248 g/mol. The first kappa shape index (κ1) is 11.2. The standard InChI is InChI=1S/C15H12N4/c16-13-6-4-10(7-14(13)17)1-2-11-3-5-12-9-18-19-15(12)8-11/h3-9H,16-17H2,(H,18,19). The van der Waals surface area contributed by atoms with Crippen molar-refractivity contribution in [2.45, 2.75) is 0 Å². The summed E-state index contributed by atoms with van der Waals surface area (Å²) in [6.07, 6.45) is 1.78. The number of nitrogen functional groups attached to an aromatic ring is 2. The Labute approximate surface area is 110 Å². The number of nitrogens with two attached hydrogens (primary N) is 2. The molecular formula is C15H12N4. The van der Waals surface area contributed by atoms with E-state index in [1.165, 1.54) is 0 Å². The molecule has 3 rings (SSSR count). The van der Waals surface area contributed by atoms with Crippen molar-refractivity contribution in [2.75, 3.05) is 11.5 Å². The van der Waals surface area contributed by atoms with Crippen molar-refractivity contribution in [3.63, 3.8) is 0 Å². The van der Waals surface area contributed by atoms with Crippen molar-refractivity contribution in [2.24, 2.45) is 0 Å². The van der Waals surface area contributed by atoms with Gasteiger partial charge in [-0.1, -0.05) is 11.8 Å². The molecule has 0 aliphatic heterocycles. The molecule has 0 aliphatic carbocycles. The Kier molecular flexibility index (Phi) is 2.58. The zero-order valence-corrected chi connectivity index (χ0v) is 10.1. The Balaban J connectivity index is 1.95. The van der Waals surface area contributed by atoms with Crippen LogP contribution in [0.4, 0.5) is 11.4 Å². The molecule has 0 saturated carbocycles. The second-order valence-electron chi connectivity index (χ2n) is 4.27. The molecule has 1 heterocycles. The molecule has 5 N–H and O–H groups in total. The van der Waals surface area contributed by atoms with Gasteiger partial charge in [-0.2, -0.15) is 5.10 Å². The Morgan fingerprint density at radius 3 is 2.42 bits per heavy atom. The highest BCUT2D eigenvalue weighted by molar-refractivity contribution is 5.79. The number of anilines is 2. The monoisotopic (exact) mass is 248 g/mol. The number of nitrogens with zero attached hydrogens (tertiary/aromatic N) is 1. The van der Waals surface area contributed by atoms with E-state index in [0.717, 1.165) is 22.0 Å². The van der Waals surface area contributed by atoms with Gasteiger partial charge in [0.25, 0.3) is 0 Å². The number of fused-ring (bicyclic) bond motifs is 1. The minimum atomic E-state index is 0.552. The van der Waals surface area contributed by atoms with Gasteiger partial charge in [-0.25, -0.2) is 0 Å². The third kappa shape index (κ3) is 2.22. The molecule has 92 valence electrons. The fraction of sp³-hybridized carbons (Fsp3) is 0. The van der Waals surface area contributed by atoms with E-state index >= 15 is 0 Å². The van der Waals surface area contributed by atoms with Crippen LogP contribution < -0.4 is 11.5 Å². The Bertz CT molecular complexity index is 806. The summed E-state index contributed by atoms with van der Waals surface area (Å²) < 4.78 is 0. The highest BCUT2D eigenvalue weighted by Gasteiger charge is 1.96. The van der Waals surface area contributed by atoms with Gasteiger partial charge < -0.3 is 11.5 Å². The summed E-state index contributed by atoms with van der Waals surface area (Å²) in [5.41, 5.74) is 15.3. The molecule has 0 bridgehead atoms. The van der Waals surface area contributed by atoms with Crippen molar-refractivity contribution >= 4 is 22.3 Å². The number of H-pyrrole nitrogens is 1. The van der Waals surface area contributed by atoms with Crippen LogP contribution in [0.2, 0.25) is 0 Å². The number of hydrogen-bond donors (Lipinski definition) is 3. The summed E-state index contributed by atoms with van der Waals surface area (Å²) in [7, 11) is 0. The van der Waals surface area contributed by atoms with Crippen molar-refractivity contribution in [1.29, 1.82) is 0 Å². The molecule has 0 radical (unpaired) electrons. The highest BCUT2D eigenvalue weighted by Crippen LogP contribution is 2.16. The minimum absolute atomic E-state index is 0.552. The Morgan fingerprint density at radius 1 is 0.895 bits per heavy atom. The van der Waals surface area contributed by atoms with Gasteiger partial charge in [0, 0.05) is 16.5 Å². The van der Waals surface area contributed by atoms with Gasteiger partial charge >= 0.3 is 0 Å². The molecule has 0 fully saturated rings. The predicted molar refractivity (Wildman–Crippen MR) is 77.3 cm³/mol. The molecule has 0 spiro atoms. The zero-order valence-electron chi connectivity index (χ0n) is 10.1. The van der Waals surface area contributed by atoms with Gasteiger partial charge in [-0.3, -0.25) is 5.10 Å². The molecule has 2 aromatic carbocycles. The summed E-state index contributed by atoms with van der Waals surface area (Å²) in [5, 5.41) is 7.97. The largest absolute Gasteiger partial charge is 0.397 e. The Hall–Kier alpha value is -2.93. The number of rotatable bonds is 0. The lowest BCUT2D eigenvalue weighted by Crippen LogP contribution is -1.94. The maximum absolute atomic E-state index is 5.74. The summed E-state index contributed by atoms with van der Waals surface area (Å²) in [6, 6.07) is 11.3. The normalized spacial score (nSPS) is 10.1. The third-order valence-electron chi connectivity index (χ3n) is 2.88. The van der Waals surface area contributed by atoms with Crippen LogP contribution in [0.15, 0.2) is 42.6 Å². The van der Waals surface area contributed by atoms with Crippen molar-refractivity contribution in [3.05, 3.63) is 53.7 Å². The molecule has 0 aliphatic rings. The third-order valence-corrected chi connectivity index (χ3v) is 2.88. The fourth-order valence-corrected chi connectivity index (χ4v) is 1.81. The van der Waals surface area contributed by atoms with Crippen LogP contribution in [-0.4, -0.2) is 10.2 Å². The van der Waals surface area contributed by atoms with Crippen LogP contribution in [0.25, 0.3) is 10.9 Å². The van der Waals surface area contributed by atoms with Gasteiger partial charge in [0.1, 0.15) is 0 Å². The second-order valence-corrected chi connectivity index (χ2v) is 4.27. The molecule has 19 heavy (non-hydrogen) atoms. The van der Waals surface area contributed by atoms with Crippen LogP contribution in [0.1, 0.15) is 11.1 Å². The maximum atomic E-state index is 5.74. The maximum Gasteiger partial charge on any atom is 0.0662 e. The summed E-state index contributed by atoms with van der Waals surface area (Å²) in [4.78, 5) is 0. The lowest BCUT2D eigenvalue weighted by atomic mass is 10.1. The lowest BCUT2D eigenvalue weighted by molar-refractivity contribution is 1.12. The van der Waals surface area contributed by atoms with Crippen LogP contribution >= 0.6 is 0 Å². The van der Waals surface area contributed by atoms with Gasteiger partial charge in [0.05, 0.1) is 23.1 Å². The van der Waals surface area contributed by atoms with E-state index in [9.17, 15) is 0 Å². The minimum Gasteiger partial charge on any atom is -0.397 e. The molecule has 0 saturated heterocycles. The van der Waals surface area contributed by atoms with Gasteiger partial charge in [0.15, 0.2) is 0 Å². The van der Waals surface area contributed by atoms with Gasteiger partial charge in [-0.15, -0.1) is 0 Å². The topological polar surface area (TPSA) is 80.7 Å². The summed E-state index contributed by atoms with van der Waals surface area (Å²) in [6.45, 7) is 0. The van der Waals surface area contributed by atoms with E-state index < -0.39 is 0 Å². The first-order valence-electron chi connectivity index (χ1n) is 5.82. The van der Waals surface area contributed by atoms with Crippen molar-refractivity contribution in [1.82, 2.24) is 10.2 Å². The first-order valence-corrected chi connectivity index (χ1v) is 5.82. The molecule has 4 nitrogen and oxygen atoms in total. The molecule has 0 atom stereocenters. The number of nitrogens with one attached hydrogen (secondary N) is 1. The van der Waals surface area contributed by atoms with E-state index in [4.69, 9.17) is 11.5 Å². The number of aromatic nitrogens is 2. The molecule has 0 amide bonds. The van der Waals surface area contributed by atoms with Crippen LogP contribution in [-0.2, 0) is 0 Å². The molecule has 3 aromatic rings. The molecule has 4 heteroatoms. The van der Waals surface area contributed by atoms with E-state index in [0.29, 0.717) is 11.4 Å². The quantitative estimate of drug-likeness (QED) is 0.421. The SMILES string of the molecule is Nc1ccc(C#Cc2ccc3cn[nH]c3c2)cc1N. The Morgan fingerprint density at radius 2 is 1.63 bits per heavy atom. The molecule has 1 aromatic heterocycles. The number of aromatic amines is 1. The number of benzene rings is 2. The van der Waals surface area contributed by atoms with E-state index in [2.05, 4.69) is 22.0 Å². The fourth-order valence-electron chi connectivity index (χ4n) is 1.81. The predicted octanol–water partition coefficient (Wildman–Crippen LogP) is 2.13. The smallest absolute Gasteiger partial charge is 0.0662 e. The van der Waals surface area contributed by atoms with E-state index in [1.54, 1.807) is 18.3 Å². The van der Waals surface area contributed by atoms with Crippen LogP contribution in [0.5, 0.6) is 0 Å². The highest BCUT2D eigenvalue weighted by atomic mass is 15.1. The number of hydrogen-bond acceptors (Lipinski definition) is 3. The lowest BCUT2D eigenvalue weighted by Gasteiger charge is -1.98. The van der Waals surface area contributed by atoms with Crippen LogP contribution in [0, 0.1) is 11.8 Å². The van der Waals surface area contributed by atoms with E-state index in [-0.39, 0.29) is 0 Å². The second kappa shape index (κ2) is 4.39. The first-order chi connectivity index (χ1) is 9.22. The van der Waals surface area contributed by atoms with Crippen LogP contribution in [0.3, 0.4) is 0 Å². The molecular weight excluding hydrogens is 236 g/mol. The summed E-state index contributed by atoms with van der Waals surface area (Å²) >= 11 is 0. The average Bonchev–Trinajstić information content (AvgIpc) is 2.87. The molecule has 0 unspecified atom stereocenters. The van der Waals surface area contributed by atoms with Crippen molar-refractivity contribution in [3.8, 4) is 11.8 Å². The van der Waals surface area contributed by atoms with Crippen molar-refractivity contribution < 1.29 is 0 Å². The van der Waals surface area contributed by atoms with Gasteiger partial charge in [-0.05, 0) is 36.4 Å². The zero-order chi connectivity index (χ0) is 13.2. The van der Waals surface area contributed by atoms with E-state index in [1.807, 2.05) is 24.3 Å². The summed E-state index contributed by atoms with van der Waals surface area (Å²) in [5.74, 6) is 6.16. The van der Waals surface area contributed by atoms with Gasteiger partial charge in [0.2, 0.25) is 0 Å².